The summed E-state index contributed by atoms with van der Waals surface area (Å²) < 4.78 is 0. The number of carboxylic acid groups (broad SMARTS) is 1. The van der Waals surface area contributed by atoms with Crippen LogP contribution in [-0.4, -0.2) is 33.8 Å². The number of carbonyl (C=O) groups excluding carboxylic acids is 1. The van der Waals surface area contributed by atoms with Crippen molar-refractivity contribution in [3.8, 4) is 0 Å². The van der Waals surface area contributed by atoms with Gasteiger partial charge in [0, 0.05) is 17.5 Å². The molecule has 2 heterocycles. The SMILES string of the molecule is CCc1cnc(C(C)NC(=O)C2CC(C(=O)O)=NO2)s1. The van der Waals surface area contributed by atoms with Gasteiger partial charge in [-0.05, 0) is 13.3 Å². The zero-order valence-corrected chi connectivity index (χ0v) is 11.9. The highest BCUT2D eigenvalue weighted by Gasteiger charge is 2.32. The lowest BCUT2D eigenvalue weighted by Crippen LogP contribution is -2.36. The van der Waals surface area contributed by atoms with Gasteiger partial charge in [0.25, 0.3) is 5.91 Å². The molecule has 2 unspecified atom stereocenters. The standard InChI is InChI=1S/C12H15N3O4S/c1-3-7-5-13-11(20-7)6(2)14-10(16)9-4-8(12(17)18)15-19-9/h5-6,9H,3-4H2,1-2H3,(H,14,16)(H,17,18). The van der Waals surface area contributed by atoms with Crippen LogP contribution in [0.3, 0.4) is 0 Å². The maximum Gasteiger partial charge on any atom is 0.353 e. The maximum atomic E-state index is 11.9. The van der Waals surface area contributed by atoms with Crippen LogP contribution in [0, 0.1) is 0 Å². The molecular weight excluding hydrogens is 282 g/mol. The van der Waals surface area contributed by atoms with Crippen molar-refractivity contribution >= 4 is 28.9 Å². The van der Waals surface area contributed by atoms with Crippen LogP contribution in [0.2, 0.25) is 0 Å². The zero-order valence-electron chi connectivity index (χ0n) is 11.1. The summed E-state index contributed by atoms with van der Waals surface area (Å²) in [5.41, 5.74) is -0.139. The largest absolute Gasteiger partial charge is 0.477 e. The minimum Gasteiger partial charge on any atom is -0.477 e. The van der Waals surface area contributed by atoms with E-state index in [4.69, 9.17) is 9.94 Å². The van der Waals surface area contributed by atoms with Crippen molar-refractivity contribution in [2.75, 3.05) is 0 Å². The second-order valence-corrected chi connectivity index (χ2v) is 5.54. The summed E-state index contributed by atoms with van der Waals surface area (Å²) in [4.78, 5) is 32.9. The van der Waals surface area contributed by atoms with E-state index in [1.54, 1.807) is 17.5 Å². The van der Waals surface area contributed by atoms with Gasteiger partial charge in [0.1, 0.15) is 5.01 Å². The number of oxime groups is 1. The third-order valence-corrected chi connectivity index (χ3v) is 4.18. The Kier molecular flexibility index (Phi) is 4.33. The van der Waals surface area contributed by atoms with Crippen LogP contribution in [-0.2, 0) is 20.8 Å². The van der Waals surface area contributed by atoms with E-state index >= 15 is 0 Å². The van der Waals surface area contributed by atoms with Gasteiger partial charge in [-0.2, -0.15) is 0 Å². The number of hydrogen-bond donors (Lipinski definition) is 2. The van der Waals surface area contributed by atoms with Crippen molar-refractivity contribution in [2.45, 2.75) is 38.8 Å². The fourth-order valence-electron chi connectivity index (χ4n) is 1.70. The lowest BCUT2D eigenvalue weighted by Gasteiger charge is -2.13. The van der Waals surface area contributed by atoms with Gasteiger partial charge in [0.2, 0.25) is 6.10 Å². The first-order valence-electron chi connectivity index (χ1n) is 6.22. The fraction of sp³-hybridized carbons (Fsp3) is 0.500. The molecule has 1 aliphatic rings. The molecule has 1 aromatic heterocycles. The predicted octanol–water partition coefficient (Wildman–Crippen LogP) is 1.11. The number of nitrogens with one attached hydrogen (secondary N) is 1. The molecule has 0 fully saturated rings. The Morgan fingerprint density at radius 2 is 2.40 bits per heavy atom. The van der Waals surface area contributed by atoms with Gasteiger partial charge in [-0.1, -0.05) is 12.1 Å². The molecular formula is C12H15N3O4S. The number of rotatable bonds is 5. The highest BCUT2D eigenvalue weighted by atomic mass is 32.1. The van der Waals surface area contributed by atoms with Gasteiger partial charge < -0.3 is 15.3 Å². The molecule has 0 radical (unpaired) electrons. The maximum absolute atomic E-state index is 11.9. The zero-order chi connectivity index (χ0) is 14.7. The van der Waals surface area contributed by atoms with E-state index in [9.17, 15) is 9.59 Å². The van der Waals surface area contributed by atoms with Crippen molar-refractivity contribution in [1.29, 1.82) is 0 Å². The van der Waals surface area contributed by atoms with E-state index in [1.807, 2.05) is 13.8 Å². The molecule has 0 aliphatic carbocycles. The summed E-state index contributed by atoms with van der Waals surface area (Å²) in [6.07, 6.45) is 1.79. The first kappa shape index (κ1) is 14.4. The minimum absolute atomic E-state index is 0.0219. The van der Waals surface area contributed by atoms with Crippen LogP contribution in [0.4, 0.5) is 0 Å². The molecule has 1 aliphatic heterocycles. The van der Waals surface area contributed by atoms with Crippen molar-refractivity contribution < 1.29 is 19.5 Å². The van der Waals surface area contributed by atoms with Gasteiger partial charge in [-0.25, -0.2) is 9.78 Å². The molecule has 0 saturated heterocycles. The van der Waals surface area contributed by atoms with Crippen molar-refractivity contribution in [3.05, 3.63) is 16.1 Å². The average molecular weight is 297 g/mol. The van der Waals surface area contributed by atoms with Gasteiger partial charge in [-0.3, -0.25) is 4.79 Å². The molecule has 0 bridgehead atoms. The second kappa shape index (κ2) is 6.00. The fourth-order valence-corrected chi connectivity index (χ4v) is 2.56. The number of amides is 1. The van der Waals surface area contributed by atoms with Gasteiger partial charge >= 0.3 is 5.97 Å². The van der Waals surface area contributed by atoms with Crippen LogP contribution >= 0.6 is 11.3 Å². The topological polar surface area (TPSA) is 101 Å². The predicted molar refractivity (Wildman–Crippen MR) is 72.6 cm³/mol. The Balaban J connectivity index is 1.90. The Morgan fingerprint density at radius 1 is 1.65 bits per heavy atom. The quantitative estimate of drug-likeness (QED) is 0.848. The van der Waals surface area contributed by atoms with Crippen LogP contribution in [0.1, 0.15) is 36.2 Å². The Bertz CT molecular complexity index is 555. The number of aliphatic carboxylic acids is 1. The van der Waals surface area contributed by atoms with E-state index in [2.05, 4.69) is 15.5 Å². The number of carbonyl (C=O) groups is 2. The van der Waals surface area contributed by atoms with E-state index in [1.165, 1.54) is 0 Å². The molecule has 2 rings (SSSR count). The third-order valence-electron chi connectivity index (χ3n) is 2.86. The summed E-state index contributed by atoms with van der Waals surface area (Å²) in [7, 11) is 0. The first-order chi connectivity index (χ1) is 9.51. The molecule has 2 N–H and O–H groups in total. The minimum atomic E-state index is -1.17. The number of hydrogen-bond acceptors (Lipinski definition) is 6. The van der Waals surface area contributed by atoms with Crippen LogP contribution in [0.5, 0.6) is 0 Å². The van der Waals surface area contributed by atoms with Crippen LogP contribution < -0.4 is 5.32 Å². The van der Waals surface area contributed by atoms with Gasteiger partial charge in [0.15, 0.2) is 5.71 Å². The third kappa shape index (κ3) is 3.13. The van der Waals surface area contributed by atoms with Crippen LogP contribution in [0.25, 0.3) is 0 Å². The van der Waals surface area contributed by atoms with E-state index in [0.29, 0.717) is 0 Å². The van der Waals surface area contributed by atoms with Gasteiger partial charge in [0.05, 0.1) is 6.04 Å². The number of thiazole rings is 1. The molecule has 0 spiro atoms. The van der Waals surface area contributed by atoms with Crippen molar-refractivity contribution in [3.63, 3.8) is 0 Å². The Hall–Kier alpha value is -1.96. The van der Waals surface area contributed by atoms with Gasteiger partial charge in [-0.15, -0.1) is 11.3 Å². The average Bonchev–Trinajstić information content (AvgIpc) is 3.07. The molecule has 1 amide bonds. The molecule has 108 valence electrons. The van der Waals surface area contributed by atoms with Crippen molar-refractivity contribution in [2.24, 2.45) is 5.16 Å². The summed E-state index contributed by atoms with van der Waals surface area (Å²) in [6.45, 7) is 3.86. The smallest absolute Gasteiger partial charge is 0.353 e. The molecule has 1 aromatic rings. The molecule has 0 saturated carbocycles. The lowest BCUT2D eigenvalue weighted by molar-refractivity contribution is -0.132. The van der Waals surface area contributed by atoms with Crippen LogP contribution in [0.15, 0.2) is 11.4 Å². The van der Waals surface area contributed by atoms with Crippen molar-refractivity contribution in [1.82, 2.24) is 10.3 Å². The first-order valence-corrected chi connectivity index (χ1v) is 7.03. The highest BCUT2D eigenvalue weighted by molar-refractivity contribution is 7.11. The molecule has 20 heavy (non-hydrogen) atoms. The summed E-state index contributed by atoms with van der Waals surface area (Å²) in [5.74, 6) is -1.55. The van der Waals surface area contributed by atoms with E-state index in [-0.39, 0.29) is 24.1 Å². The van der Waals surface area contributed by atoms with E-state index < -0.39 is 12.1 Å². The number of nitrogens with zero attached hydrogens (tertiary/aromatic N) is 2. The second-order valence-electron chi connectivity index (χ2n) is 4.39. The Morgan fingerprint density at radius 3 is 2.95 bits per heavy atom. The molecule has 0 aromatic carbocycles. The number of aromatic nitrogens is 1. The monoisotopic (exact) mass is 297 g/mol. The Labute approximate surface area is 119 Å². The summed E-state index contributed by atoms with van der Waals surface area (Å²) >= 11 is 1.54. The molecule has 8 heteroatoms. The highest BCUT2D eigenvalue weighted by Crippen LogP contribution is 2.21. The number of aryl methyl sites for hydroxylation is 1. The molecule has 2 atom stereocenters. The summed E-state index contributed by atoms with van der Waals surface area (Å²) in [6, 6.07) is -0.245. The summed E-state index contributed by atoms with van der Waals surface area (Å²) in [5, 5.41) is 15.7. The molecule has 7 nitrogen and oxygen atoms in total. The lowest BCUT2D eigenvalue weighted by atomic mass is 10.1. The number of carboxylic acids is 1. The van der Waals surface area contributed by atoms with E-state index in [0.717, 1.165) is 16.3 Å². The normalized spacial score (nSPS) is 19.1.